The van der Waals surface area contributed by atoms with E-state index in [0.29, 0.717) is 5.69 Å². The van der Waals surface area contributed by atoms with Crippen molar-refractivity contribution in [2.45, 2.75) is 6.92 Å². The summed E-state index contributed by atoms with van der Waals surface area (Å²) < 4.78 is 5.38. The van der Waals surface area contributed by atoms with E-state index in [1.165, 1.54) is 0 Å². The monoisotopic (exact) mass is 260 g/mol. The number of aromatic nitrogens is 1. The van der Waals surface area contributed by atoms with E-state index in [1.54, 1.807) is 6.20 Å². The molecular weight excluding hydrogens is 240 g/mol. The van der Waals surface area contributed by atoms with Crippen molar-refractivity contribution in [2.24, 2.45) is 0 Å². The lowest BCUT2D eigenvalue weighted by molar-refractivity contribution is 0.111. The lowest BCUT2D eigenvalue weighted by Crippen LogP contribution is -2.47. The largest absolute Gasteiger partial charge is 0.380 e. The highest BCUT2D eigenvalue weighted by molar-refractivity contribution is 5.49. The normalized spacial score (nSPS) is 16.3. The van der Waals surface area contributed by atoms with Gasteiger partial charge in [-0.25, -0.2) is 4.98 Å². The molecule has 0 unspecified atom stereocenters. The average molecular weight is 260 g/mol. The highest BCUT2D eigenvalue weighted by Gasteiger charge is 2.17. The first-order valence-corrected chi connectivity index (χ1v) is 6.74. The maximum Gasteiger partial charge on any atom is 0.142 e. The molecule has 2 rings (SSSR count). The molecule has 0 N–H and O–H groups in total. The van der Waals surface area contributed by atoms with E-state index in [0.717, 1.165) is 51.6 Å². The Morgan fingerprint density at radius 2 is 2.16 bits per heavy atom. The molecule has 1 saturated heterocycles. The number of hydrogen-bond acceptors (Lipinski definition) is 5. The van der Waals surface area contributed by atoms with Crippen LogP contribution in [0.5, 0.6) is 0 Å². The van der Waals surface area contributed by atoms with Crippen molar-refractivity contribution in [3.05, 3.63) is 24.0 Å². The third-order valence-electron chi connectivity index (χ3n) is 3.35. The Balaban J connectivity index is 1.84. The zero-order chi connectivity index (χ0) is 13.5. The highest BCUT2D eigenvalue weighted by atomic mass is 16.5. The minimum absolute atomic E-state index is 0.483. The van der Waals surface area contributed by atoms with Gasteiger partial charge in [-0.3, -0.25) is 4.90 Å². The van der Waals surface area contributed by atoms with Crippen LogP contribution in [0.2, 0.25) is 0 Å². The van der Waals surface area contributed by atoms with Gasteiger partial charge in [-0.2, -0.15) is 5.26 Å². The molecule has 1 fully saturated rings. The molecule has 102 valence electrons. The summed E-state index contributed by atoms with van der Waals surface area (Å²) >= 11 is 0. The maximum absolute atomic E-state index is 8.87. The van der Waals surface area contributed by atoms with Crippen molar-refractivity contribution in [3.63, 3.8) is 0 Å². The third kappa shape index (κ3) is 3.91. The lowest BCUT2D eigenvalue weighted by Gasteiger charge is -2.36. The van der Waals surface area contributed by atoms with Crippen molar-refractivity contribution >= 4 is 5.69 Å². The third-order valence-corrected chi connectivity index (χ3v) is 3.35. The zero-order valence-corrected chi connectivity index (χ0v) is 11.4. The molecule has 0 aliphatic carbocycles. The van der Waals surface area contributed by atoms with Crippen LogP contribution >= 0.6 is 0 Å². The van der Waals surface area contributed by atoms with Gasteiger partial charge in [0.2, 0.25) is 0 Å². The summed E-state index contributed by atoms with van der Waals surface area (Å²) in [7, 11) is 0. The van der Waals surface area contributed by atoms with Crippen molar-refractivity contribution in [3.8, 4) is 6.07 Å². The molecule has 0 spiro atoms. The molecule has 1 aliphatic heterocycles. The molecule has 0 amide bonds. The fourth-order valence-corrected chi connectivity index (χ4v) is 2.24. The highest BCUT2D eigenvalue weighted by Crippen LogP contribution is 2.16. The summed E-state index contributed by atoms with van der Waals surface area (Å²) in [6.07, 6.45) is 1.70. The second kappa shape index (κ2) is 7.07. The smallest absolute Gasteiger partial charge is 0.142 e. The molecular formula is C14H20N4O. The Bertz CT molecular complexity index is 435. The fourth-order valence-electron chi connectivity index (χ4n) is 2.24. The van der Waals surface area contributed by atoms with Crippen LogP contribution in [0.3, 0.4) is 0 Å². The van der Waals surface area contributed by atoms with Crippen LogP contribution in [0.15, 0.2) is 18.3 Å². The number of rotatable bonds is 5. The fraction of sp³-hybridized carbons (Fsp3) is 0.571. The zero-order valence-electron chi connectivity index (χ0n) is 11.4. The summed E-state index contributed by atoms with van der Waals surface area (Å²) in [6, 6.07) is 5.91. The average Bonchev–Trinajstić information content (AvgIpc) is 2.48. The summed E-state index contributed by atoms with van der Waals surface area (Å²) in [5.74, 6) is 0. The predicted octanol–water partition coefficient (Wildman–Crippen LogP) is 1.11. The number of pyridine rings is 1. The van der Waals surface area contributed by atoms with Crippen molar-refractivity contribution < 1.29 is 4.74 Å². The maximum atomic E-state index is 8.87. The molecule has 0 saturated carbocycles. The first kappa shape index (κ1) is 13.8. The molecule has 1 aromatic rings. The SMILES string of the molecule is CCOCCN1CCN(c2ccnc(C#N)c2)CC1. The summed E-state index contributed by atoms with van der Waals surface area (Å²) in [5.41, 5.74) is 1.58. The second-order valence-corrected chi connectivity index (χ2v) is 4.54. The molecule has 1 aliphatic rings. The molecule has 0 bridgehead atoms. The predicted molar refractivity (Wildman–Crippen MR) is 74.1 cm³/mol. The Kier molecular flexibility index (Phi) is 5.13. The van der Waals surface area contributed by atoms with Gasteiger partial charge in [-0.1, -0.05) is 0 Å². The minimum atomic E-state index is 0.483. The van der Waals surface area contributed by atoms with Crippen LogP contribution in [0.25, 0.3) is 0 Å². The second-order valence-electron chi connectivity index (χ2n) is 4.54. The number of piperazine rings is 1. The van der Waals surface area contributed by atoms with Gasteiger partial charge >= 0.3 is 0 Å². The van der Waals surface area contributed by atoms with E-state index >= 15 is 0 Å². The van der Waals surface area contributed by atoms with Gasteiger partial charge in [-0.05, 0) is 19.1 Å². The Morgan fingerprint density at radius 3 is 2.84 bits per heavy atom. The first-order valence-electron chi connectivity index (χ1n) is 6.74. The number of nitrogens with zero attached hydrogens (tertiary/aromatic N) is 4. The molecule has 5 nitrogen and oxygen atoms in total. The Morgan fingerprint density at radius 1 is 1.37 bits per heavy atom. The summed E-state index contributed by atoms with van der Waals surface area (Å²) in [6.45, 7) is 8.67. The van der Waals surface area contributed by atoms with E-state index in [-0.39, 0.29) is 0 Å². The van der Waals surface area contributed by atoms with E-state index in [1.807, 2.05) is 19.1 Å². The topological polar surface area (TPSA) is 52.4 Å². The number of ether oxygens (including phenoxy) is 1. The van der Waals surface area contributed by atoms with Gasteiger partial charge in [0.25, 0.3) is 0 Å². The van der Waals surface area contributed by atoms with Crippen molar-refractivity contribution in [1.29, 1.82) is 5.26 Å². The Labute approximate surface area is 114 Å². The van der Waals surface area contributed by atoms with Crippen LogP contribution in [0, 0.1) is 11.3 Å². The molecule has 19 heavy (non-hydrogen) atoms. The first-order chi connectivity index (χ1) is 9.33. The molecule has 0 radical (unpaired) electrons. The van der Waals surface area contributed by atoms with Gasteiger partial charge in [0.15, 0.2) is 0 Å². The molecule has 0 aromatic carbocycles. The van der Waals surface area contributed by atoms with Gasteiger partial charge < -0.3 is 9.64 Å². The number of hydrogen-bond donors (Lipinski definition) is 0. The molecule has 5 heteroatoms. The summed E-state index contributed by atoms with van der Waals surface area (Å²) in [5, 5.41) is 8.87. The minimum Gasteiger partial charge on any atom is -0.380 e. The Hall–Kier alpha value is -1.64. The van der Waals surface area contributed by atoms with E-state index in [9.17, 15) is 0 Å². The van der Waals surface area contributed by atoms with Crippen LogP contribution in [-0.4, -0.2) is 55.8 Å². The van der Waals surface area contributed by atoms with Crippen LogP contribution < -0.4 is 4.90 Å². The van der Waals surface area contributed by atoms with Gasteiger partial charge in [0.05, 0.1) is 6.61 Å². The number of nitriles is 1. The molecule has 1 aromatic heterocycles. The van der Waals surface area contributed by atoms with E-state index in [4.69, 9.17) is 10.00 Å². The molecule has 0 atom stereocenters. The van der Waals surface area contributed by atoms with Gasteiger partial charge in [-0.15, -0.1) is 0 Å². The lowest BCUT2D eigenvalue weighted by atomic mass is 10.2. The standard InChI is InChI=1S/C14H20N4O/c1-2-19-10-9-17-5-7-18(8-6-17)14-3-4-16-13(11-14)12-15/h3-4,11H,2,5-10H2,1H3. The van der Waals surface area contributed by atoms with E-state index < -0.39 is 0 Å². The van der Waals surface area contributed by atoms with Crippen LogP contribution in [0.4, 0.5) is 5.69 Å². The van der Waals surface area contributed by atoms with Gasteiger partial charge in [0.1, 0.15) is 11.8 Å². The van der Waals surface area contributed by atoms with Crippen LogP contribution in [-0.2, 0) is 4.74 Å². The van der Waals surface area contributed by atoms with Crippen molar-refractivity contribution in [2.75, 3.05) is 50.8 Å². The number of anilines is 1. The van der Waals surface area contributed by atoms with Gasteiger partial charge in [0, 0.05) is 51.2 Å². The van der Waals surface area contributed by atoms with Crippen molar-refractivity contribution in [1.82, 2.24) is 9.88 Å². The quantitative estimate of drug-likeness (QED) is 0.742. The van der Waals surface area contributed by atoms with E-state index in [2.05, 4.69) is 20.9 Å². The summed E-state index contributed by atoms with van der Waals surface area (Å²) in [4.78, 5) is 8.72. The molecule has 2 heterocycles. The van der Waals surface area contributed by atoms with Crippen LogP contribution in [0.1, 0.15) is 12.6 Å².